The van der Waals surface area contributed by atoms with Crippen molar-refractivity contribution in [1.29, 1.82) is 0 Å². The first-order valence-corrected chi connectivity index (χ1v) is 5.43. The van der Waals surface area contributed by atoms with E-state index < -0.39 is 0 Å². The van der Waals surface area contributed by atoms with Gasteiger partial charge in [0.15, 0.2) is 0 Å². The van der Waals surface area contributed by atoms with E-state index in [4.69, 9.17) is 11.6 Å². The highest BCUT2D eigenvalue weighted by Gasteiger charge is 2.13. The summed E-state index contributed by atoms with van der Waals surface area (Å²) in [5.41, 5.74) is 0.550. The van der Waals surface area contributed by atoms with Crippen molar-refractivity contribution in [3.8, 4) is 0 Å². The summed E-state index contributed by atoms with van der Waals surface area (Å²) >= 11 is 5.88. The highest BCUT2D eigenvalue weighted by molar-refractivity contribution is 6.31. The molecule has 0 radical (unpaired) electrons. The molecule has 1 N–H and O–H groups in total. The van der Waals surface area contributed by atoms with Crippen LogP contribution in [-0.2, 0) is 7.05 Å². The molecule has 0 saturated heterocycles. The number of pyridine rings is 1. The van der Waals surface area contributed by atoms with Gasteiger partial charge in [-0.25, -0.2) is 0 Å². The standard InChI is InChI=1S/C12H11ClN2O2/c1-14-12(17)9-6-15(2)10-5-7(13)3-4-8(10)11(9)16/h3-6H,1-2H3,(H,14,17). The van der Waals surface area contributed by atoms with Crippen molar-refractivity contribution in [2.24, 2.45) is 7.05 Å². The number of halogens is 1. The van der Waals surface area contributed by atoms with E-state index in [1.165, 1.54) is 13.2 Å². The minimum absolute atomic E-state index is 0.129. The molecule has 1 heterocycles. The number of carbonyl (C=O) groups is 1. The number of amides is 1. The molecule has 1 amide bonds. The number of fused-ring (bicyclic) bond motifs is 1. The predicted molar refractivity (Wildman–Crippen MR) is 67.6 cm³/mol. The summed E-state index contributed by atoms with van der Waals surface area (Å²) in [6.45, 7) is 0. The Morgan fingerprint density at radius 1 is 1.41 bits per heavy atom. The number of aryl methyl sites for hydroxylation is 1. The Kier molecular flexibility index (Phi) is 2.90. The van der Waals surface area contributed by atoms with Crippen LogP contribution in [0.1, 0.15) is 10.4 Å². The summed E-state index contributed by atoms with van der Waals surface area (Å²) in [5.74, 6) is -0.387. The normalized spacial score (nSPS) is 10.5. The fourth-order valence-electron chi connectivity index (χ4n) is 1.75. The molecule has 1 aromatic heterocycles. The maximum Gasteiger partial charge on any atom is 0.256 e. The minimum Gasteiger partial charge on any atom is -0.355 e. The largest absolute Gasteiger partial charge is 0.355 e. The zero-order valence-corrected chi connectivity index (χ0v) is 10.2. The maximum atomic E-state index is 12.1. The molecule has 0 bridgehead atoms. The Morgan fingerprint density at radius 2 is 2.12 bits per heavy atom. The lowest BCUT2D eigenvalue weighted by atomic mass is 10.1. The number of hydrogen-bond acceptors (Lipinski definition) is 2. The molecule has 5 heteroatoms. The van der Waals surface area contributed by atoms with Crippen LogP contribution in [0.3, 0.4) is 0 Å². The fourth-order valence-corrected chi connectivity index (χ4v) is 1.92. The predicted octanol–water partition coefficient (Wildman–Crippen LogP) is 1.55. The first-order chi connectivity index (χ1) is 8.04. The van der Waals surface area contributed by atoms with Gasteiger partial charge < -0.3 is 9.88 Å². The second-order valence-corrected chi connectivity index (χ2v) is 4.16. The Labute approximate surface area is 103 Å². The van der Waals surface area contributed by atoms with E-state index in [0.717, 1.165) is 0 Å². The van der Waals surface area contributed by atoms with Gasteiger partial charge >= 0.3 is 0 Å². The van der Waals surface area contributed by atoms with Crippen LogP contribution < -0.4 is 10.7 Å². The second kappa shape index (κ2) is 4.22. The van der Waals surface area contributed by atoms with Crippen molar-refractivity contribution in [1.82, 2.24) is 9.88 Å². The number of rotatable bonds is 1. The Morgan fingerprint density at radius 3 is 2.76 bits per heavy atom. The van der Waals surface area contributed by atoms with Gasteiger partial charge in [-0.2, -0.15) is 0 Å². The molecular formula is C12H11ClN2O2. The number of nitrogens with one attached hydrogen (secondary N) is 1. The topological polar surface area (TPSA) is 51.1 Å². The van der Waals surface area contributed by atoms with Gasteiger partial charge in [-0.15, -0.1) is 0 Å². The number of carbonyl (C=O) groups excluding carboxylic acids is 1. The summed E-state index contributed by atoms with van der Waals surface area (Å²) < 4.78 is 1.72. The van der Waals surface area contributed by atoms with Crippen LogP contribution in [0.15, 0.2) is 29.2 Å². The lowest BCUT2D eigenvalue weighted by Crippen LogP contribution is -2.26. The van der Waals surface area contributed by atoms with E-state index in [2.05, 4.69) is 5.32 Å². The molecule has 1 aromatic carbocycles. The van der Waals surface area contributed by atoms with Gasteiger partial charge in [-0.05, 0) is 18.2 Å². The van der Waals surface area contributed by atoms with Gasteiger partial charge in [0.1, 0.15) is 5.56 Å². The molecule has 2 rings (SSSR count). The van der Waals surface area contributed by atoms with Crippen molar-refractivity contribution in [3.63, 3.8) is 0 Å². The summed E-state index contributed by atoms with van der Waals surface area (Å²) in [6.07, 6.45) is 1.51. The molecule has 0 unspecified atom stereocenters. The van der Waals surface area contributed by atoms with E-state index in [1.54, 1.807) is 29.8 Å². The van der Waals surface area contributed by atoms with Gasteiger partial charge in [0.2, 0.25) is 5.43 Å². The van der Waals surface area contributed by atoms with Crippen LogP contribution in [0.5, 0.6) is 0 Å². The second-order valence-electron chi connectivity index (χ2n) is 3.72. The van der Waals surface area contributed by atoms with Crippen molar-refractivity contribution in [3.05, 3.63) is 45.2 Å². The van der Waals surface area contributed by atoms with Crippen LogP contribution in [0.25, 0.3) is 10.9 Å². The molecule has 4 nitrogen and oxygen atoms in total. The Balaban J connectivity index is 2.86. The lowest BCUT2D eigenvalue weighted by Gasteiger charge is -2.08. The SMILES string of the molecule is CNC(=O)c1cn(C)c2cc(Cl)ccc2c1=O. The molecule has 0 spiro atoms. The summed E-state index contributed by atoms with van der Waals surface area (Å²) in [6, 6.07) is 4.97. The van der Waals surface area contributed by atoms with E-state index >= 15 is 0 Å². The molecular weight excluding hydrogens is 240 g/mol. The Bertz CT molecular complexity index is 661. The molecule has 0 aliphatic carbocycles. The molecule has 0 aliphatic heterocycles. The average molecular weight is 251 g/mol. The average Bonchev–Trinajstić information content (AvgIpc) is 2.32. The van der Waals surface area contributed by atoms with Crippen molar-refractivity contribution >= 4 is 28.4 Å². The minimum atomic E-state index is -0.387. The first-order valence-electron chi connectivity index (χ1n) is 5.05. The van der Waals surface area contributed by atoms with E-state index in [1.807, 2.05) is 0 Å². The monoisotopic (exact) mass is 250 g/mol. The third-order valence-electron chi connectivity index (χ3n) is 2.62. The van der Waals surface area contributed by atoms with Crippen LogP contribution >= 0.6 is 11.6 Å². The number of aromatic nitrogens is 1. The maximum absolute atomic E-state index is 12.1. The highest BCUT2D eigenvalue weighted by atomic mass is 35.5. The molecule has 88 valence electrons. The molecule has 17 heavy (non-hydrogen) atoms. The van der Waals surface area contributed by atoms with Crippen LogP contribution in [0.4, 0.5) is 0 Å². The van der Waals surface area contributed by atoms with Crippen molar-refractivity contribution < 1.29 is 4.79 Å². The molecule has 2 aromatic rings. The molecule has 0 aliphatic rings. The third-order valence-corrected chi connectivity index (χ3v) is 2.86. The van der Waals surface area contributed by atoms with Crippen molar-refractivity contribution in [2.75, 3.05) is 7.05 Å². The summed E-state index contributed by atoms with van der Waals surface area (Å²) in [4.78, 5) is 23.6. The van der Waals surface area contributed by atoms with Crippen LogP contribution in [0.2, 0.25) is 5.02 Å². The first kappa shape index (κ1) is 11.7. The van der Waals surface area contributed by atoms with E-state index in [9.17, 15) is 9.59 Å². The van der Waals surface area contributed by atoms with Crippen LogP contribution in [0, 0.1) is 0 Å². The van der Waals surface area contributed by atoms with Crippen LogP contribution in [-0.4, -0.2) is 17.5 Å². The number of hydrogen-bond donors (Lipinski definition) is 1. The smallest absolute Gasteiger partial charge is 0.256 e. The lowest BCUT2D eigenvalue weighted by molar-refractivity contribution is 0.0961. The summed E-state index contributed by atoms with van der Waals surface area (Å²) in [7, 11) is 3.26. The third kappa shape index (κ3) is 1.91. The van der Waals surface area contributed by atoms with E-state index in [0.29, 0.717) is 15.9 Å². The summed E-state index contributed by atoms with van der Waals surface area (Å²) in [5, 5.41) is 3.49. The number of nitrogens with zero attached hydrogens (tertiary/aromatic N) is 1. The fraction of sp³-hybridized carbons (Fsp3) is 0.167. The zero-order valence-electron chi connectivity index (χ0n) is 9.45. The van der Waals surface area contributed by atoms with Gasteiger partial charge in [0.25, 0.3) is 5.91 Å². The number of benzene rings is 1. The molecule has 0 saturated carbocycles. The zero-order chi connectivity index (χ0) is 12.6. The van der Waals surface area contributed by atoms with E-state index in [-0.39, 0.29) is 16.9 Å². The molecule has 0 fully saturated rings. The molecule has 0 atom stereocenters. The quantitative estimate of drug-likeness (QED) is 0.835. The Hall–Kier alpha value is -1.81. The van der Waals surface area contributed by atoms with Gasteiger partial charge in [0.05, 0.1) is 5.52 Å². The van der Waals surface area contributed by atoms with Gasteiger partial charge in [-0.3, -0.25) is 9.59 Å². The van der Waals surface area contributed by atoms with Gasteiger partial charge in [0, 0.05) is 30.7 Å². The highest BCUT2D eigenvalue weighted by Crippen LogP contribution is 2.16. The van der Waals surface area contributed by atoms with Gasteiger partial charge in [-0.1, -0.05) is 11.6 Å². The van der Waals surface area contributed by atoms with Crippen molar-refractivity contribution in [2.45, 2.75) is 0 Å².